The molecular formula is C12H20O. The fraction of sp³-hybridized carbons (Fsp3) is 0.917. The van der Waals surface area contributed by atoms with Crippen molar-refractivity contribution in [3.63, 3.8) is 0 Å². The predicted molar refractivity (Wildman–Crippen MR) is 53.5 cm³/mol. The van der Waals surface area contributed by atoms with Gasteiger partial charge in [-0.25, -0.2) is 0 Å². The molecule has 1 heteroatoms. The van der Waals surface area contributed by atoms with Gasteiger partial charge in [-0.3, -0.25) is 4.79 Å². The van der Waals surface area contributed by atoms with Gasteiger partial charge in [-0.15, -0.1) is 0 Å². The normalized spacial score (nSPS) is 28.1. The van der Waals surface area contributed by atoms with Gasteiger partial charge in [0.25, 0.3) is 0 Å². The van der Waals surface area contributed by atoms with Gasteiger partial charge in [-0.1, -0.05) is 25.7 Å². The molecule has 0 amide bonds. The van der Waals surface area contributed by atoms with Crippen LogP contribution < -0.4 is 0 Å². The number of hydrogen-bond acceptors (Lipinski definition) is 1. The van der Waals surface area contributed by atoms with Gasteiger partial charge in [0.15, 0.2) is 0 Å². The molecule has 0 aromatic carbocycles. The minimum Gasteiger partial charge on any atom is -0.299 e. The number of carbonyl (C=O) groups is 1. The highest BCUT2D eigenvalue weighted by molar-refractivity contribution is 5.85. The largest absolute Gasteiger partial charge is 0.299 e. The number of hydrogen-bond donors (Lipinski definition) is 0. The number of rotatable bonds is 2. The van der Waals surface area contributed by atoms with Crippen molar-refractivity contribution in [1.82, 2.24) is 0 Å². The topological polar surface area (TPSA) is 17.1 Å². The molecule has 2 rings (SSSR count). The van der Waals surface area contributed by atoms with Crippen molar-refractivity contribution < 1.29 is 4.79 Å². The van der Waals surface area contributed by atoms with Crippen molar-refractivity contribution in [3.8, 4) is 0 Å². The van der Waals surface area contributed by atoms with Crippen LogP contribution in [0.25, 0.3) is 0 Å². The van der Waals surface area contributed by atoms with Crippen molar-refractivity contribution in [2.75, 3.05) is 0 Å². The molecule has 0 saturated heterocycles. The fourth-order valence-corrected chi connectivity index (χ4v) is 3.01. The summed E-state index contributed by atoms with van der Waals surface area (Å²) in [4.78, 5) is 11.5. The highest BCUT2D eigenvalue weighted by Gasteiger charge is 2.52. The van der Waals surface area contributed by atoms with E-state index in [1.165, 1.54) is 51.4 Å². The maximum atomic E-state index is 11.5. The van der Waals surface area contributed by atoms with Gasteiger partial charge in [-0.05, 0) is 38.5 Å². The van der Waals surface area contributed by atoms with Gasteiger partial charge in [-0.2, -0.15) is 0 Å². The van der Waals surface area contributed by atoms with Crippen molar-refractivity contribution in [2.45, 2.75) is 58.3 Å². The first-order valence-corrected chi connectivity index (χ1v) is 5.77. The van der Waals surface area contributed by atoms with E-state index >= 15 is 0 Å². The molecule has 0 spiro atoms. The van der Waals surface area contributed by atoms with E-state index < -0.39 is 0 Å². The first-order chi connectivity index (χ1) is 6.26. The van der Waals surface area contributed by atoms with Crippen LogP contribution in [0.4, 0.5) is 0 Å². The Morgan fingerprint density at radius 2 is 1.62 bits per heavy atom. The standard InChI is InChI=1S/C12H20O/c1-10(13)12(8-9-12)11-6-4-2-3-5-7-11/h11H,2-9H2,1H3. The van der Waals surface area contributed by atoms with Crippen molar-refractivity contribution in [2.24, 2.45) is 11.3 Å². The van der Waals surface area contributed by atoms with Crippen LogP contribution in [0.15, 0.2) is 0 Å². The zero-order valence-electron chi connectivity index (χ0n) is 8.64. The second-order valence-corrected chi connectivity index (χ2v) is 4.90. The molecule has 0 aliphatic heterocycles. The lowest BCUT2D eigenvalue weighted by atomic mass is 9.81. The molecule has 74 valence electrons. The number of Topliss-reactive ketones (excluding diaryl/α,β-unsaturated/α-hetero) is 1. The first-order valence-electron chi connectivity index (χ1n) is 5.77. The lowest BCUT2D eigenvalue weighted by molar-refractivity contribution is -0.124. The maximum Gasteiger partial charge on any atom is 0.136 e. The van der Waals surface area contributed by atoms with E-state index in [1.807, 2.05) is 0 Å². The van der Waals surface area contributed by atoms with Crippen LogP contribution in [0.1, 0.15) is 58.3 Å². The lowest BCUT2D eigenvalue weighted by Gasteiger charge is -2.22. The predicted octanol–water partition coefficient (Wildman–Crippen LogP) is 3.33. The van der Waals surface area contributed by atoms with Crippen LogP contribution in [0.5, 0.6) is 0 Å². The molecule has 0 unspecified atom stereocenters. The second-order valence-electron chi connectivity index (χ2n) is 4.90. The highest BCUT2D eigenvalue weighted by atomic mass is 16.1. The molecule has 0 bridgehead atoms. The second kappa shape index (κ2) is 3.43. The molecule has 0 atom stereocenters. The summed E-state index contributed by atoms with van der Waals surface area (Å²) in [7, 11) is 0. The summed E-state index contributed by atoms with van der Waals surface area (Å²) in [5, 5.41) is 0. The van der Waals surface area contributed by atoms with Crippen molar-refractivity contribution in [1.29, 1.82) is 0 Å². The van der Waals surface area contributed by atoms with Gasteiger partial charge in [0.1, 0.15) is 5.78 Å². The van der Waals surface area contributed by atoms with E-state index in [1.54, 1.807) is 6.92 Å². The number of carbonyl (C=O) groups excluding carboxylic acids is 1. The Balaban J connectivity index is 2.02. The Hall–Kier alpha value is -0.330. The van der Waals surface area contributed by atoms with Crippen LogP contribution in [-0.4, -0.2) is 5.78 Å². The van der Waals surface area contributed by atoms with E-state index in [9.17, 15) is 4.79 Å². The Morgan fingerprint density at radius 1 is 1.08 bits per heavy atom. The molecule has 2 aliphatic rings. The average molecular weight is 180 g/mol. The third kappa shape index (κ3) is 1.66. The van der Waals surface area contributed by atoms with Crippen LogP contribution in [0.3, 0.4) is 0 Å². The molecule has 0 aromatic rings. The quantitative estimate of drug-likeness (QED) is 0.596. The minimum atomic E-state index is 0.171. The summed E-state index contributed by atoms with van der Waals surface area (Å²) in [5.74, 6) is 1.21. The summed E-state index contributed by atoms with van der Waals surface area (Å²) < 4.78 is 0. The van der Waals surface area contributed by atoms with Crippen LogP contribution >= 0.6 is 0 Å². The maximum absolute atomic E-state index is 11.5. The van der Waals surface area contributed by atoms with E-state index in [2.05, 4.69) is 0 Å². The third-order valence-electron chi connectivity index (χ3n) is 4.13. The monoisotopic (exact) mass is 180 g/mol. The Bertz CT molecular complexity index is 195. The smallest absolute Gasteiger partial charge is 0.136 e. The van der Waals surface area contributed by atoms with Gasteiger partial charge >= 0.3 is 0 Å². The van der Waals surface area contributed by atoms with E-state index in [4.69, 9.17) is 0 Å². The third-order valence-corrected chi connectivity index (χ3v) is 4.13. The summed E-state index contributed by atoms with van der Waals surface area (Å²) in [5.41, 5.74) is 0.171. The first kappa shape index (κ1) is 9.23. The fourth-order valence-electron chi connectivity index (χ4n) is 3.01. The SMILES string of the molecule is CC(=O)C1(C2CCCCCC2)CC1. The van der Waals surface area contributed by atoms with E-state index in [-0.39, 0.29) is 5.41 Å². The van der Waals surface area contributed by atoms with E-state index in [0.29, 0.717) is 5.78 Å². The molecule has 0 aromatic heterocycles. The molecule has 0 radical (unpaired) electrons. The van der Waals surface area contributed by atoms with Gasteiger partial charge < -0.3 is 0 Å². The summed E-state index contributed by atoms with van der Waals surface area (Å²) in [6.45, 7) is 1.80. The summed E-state index contributed by atoms with van der Waals surface area (Å²) >= 11 is 0. The van der Waals surface area contributed by atoms with Crippen LogP contribution in [-0.2, 0) is 4.79 Å². The van der Waals surface area contributed by atoms with Crippen molar-refractivity contribution >= 4 is 5.78 Å². The molecule has 2 aliphatic carbocycles. The zero-order chi connectivity index (χ0) is 9.31. The molecular weight excluding hydrogens is 160 g/mol. The van der Waals surface area contributed by atoms with E-state index in [0.717, 1.165) is 5.92 Å². The lowest BCUT2D eigenvalue weighted by Crippen LogP contribution is -2.23. The molecule has 0 heterocycles. The summed E-state index contributed by atoms with van der Waals surface area (Å²) in [6.07, 6.45) is 10.5. The minimum absolute atomic E-state index is 0.171. The molecule has 2 saturated carbocycles. The zero-order valence-corrected chi connectivity index (χ0v) is 8.64. The van der Waals surface area contributed by atoms with Gasteiger partial charge in [0.05, 0.1) is 0 Å². The summed E-state index contributed by atoms with van der Waals surface area (Å²) in [6, 6.07) is 0. The highest BCUT2D eigenvalue weighted by Crippen LogP contribution is 2.56. The van der Waals surface area contributed by atoms with Gasteiger partial charge in [0.2, 0.25) is 0 Å². The average Bonchev–Trinajstić information content (AvgIpc) is 2.90. The Labute approximate surface area is 80.9 Å². The van der Waals surface area contributed by atoms with Crippen LogP contribution in [0.2, 0.25) is 0 Å². The van der Waals surface area contributed by atoms with Gasteiger partial charge in [0, 0.05) is 5.41 Å². The Kier molecular flexibility index (Phi) is 2.44. The molecule has 0 N–H and O–H groups in total. The Morgan fingerprint density at radius 3 is 2.00 bits per heavy atom. The molecule has 1 nitrogen and oxygen atoms in total. The number of ketones is 1. The van der Waals surface area contributed by atoms with Crippen molar-refractivity contribution in [3.05, 3.63) is 0 Å². The van der Waals surface area contributed by atoms with Crippen LogP contribution in [0, 0.1) is 11.3 Å². The molecule has 13 heavy (non-hydrogen) atoms. The molecule has 2 fully saturated rings.